The van der Waals surface area contributed by atoms with E-state index in [2.05, 4.69) is 29.9 Å². The molecule has 0 saturated heterocycles. The predicted octanol–water partition coefficient (Wildman–Crippen LogP) is 6.21. The molecule has 0 spiro atoms. The number of nitrogens with zero attached hydrogens (tertiary/aromatic N) is 6. The van der Waals surface area contributed by atoms with Crippen molar-refractivity contribution in [1.29, 1.82) is 0 Å². The van der Waals surface area contributed by atoms with Crippen LogP contribution in [0.25, 0.3) is 32.8 Å². The van der Waals surface area contributed by atoms with Crippen LogP contribution in [0.4, 0.5) is 52.7 Å². The van der Waals surface area contributed by atoms with Gasteiger partial charge in [-0.25, -0.2) is 29.9 Å². The minimum atomic E-state index is -5.91. The molecule has 0 aliphatic heterocycles. The molecule has 0 N–H and O–H groups in total. The van der Waals surface area contributed by atoms with Crippen LogP contribution < -0.4 is 0 Å². The molecule has 3 heterocycles. The standard InChI is InChI=1S/C18H6F12N6/c1-3-31-7-5(11(33-3)15(19,20)21)9-10(6-8(7)32-4(2)34-12(6)16(22,23)24)36-14(18(28,29)30)13(35-9)17(25,26)27/h1-2H3. The van der Waals surface area contributed by atoms with E-state index in [-0.39, 0.29) is 0 Å². The Labute approximate surface area is 189 Å². The number of benzene rings is 1. The molecule has 3 aromatic heterocycles. The van der Waals surface area contributed by atoms with Crippen LogP contribution in [0.2, 0.25) is 0 Å². The van der Waals surface area contributed by atoms with Crippen molar-refractivity contribution in [3.63, 3.8) is 0 Å². The van der Waals surface area contributed by atoms with Crippen molar-refractivity contribution >= 4 is 32.8 Å². The maximum atomic E-state index is 13.8. The molecular formula is C18H6F12N6. The van der Waals surface area contributed by atoms with Crippen LogP contribution in [-0.2, 0) is 24.7 Å². The second-order valence-electron chi connectivity index (χ2n) is 7.30. The van der Waals surface area contributed by atoms with Gasteiger partial charge >= 0.3 is 24.7 Å². The van der Waals surface area contributed by atoms with Crippen molar-refractivity contribution in [3.05, 3.63) is 34.4 Å². The van der Waals surface area contributed by atoms with Gasteiger partial charge in [-0.15, -0.1) is 0 Å². The van der Waals surface area contributed by atoms with E-state index in [4.69, 9.17) is 0 Å². The van der Waals surface area contributed by atoms with Gasteiger partial charge in [0.25, 0.3) is 0 Å². The van der Waals surface area contributed by atoms with Crippen molar-refractivity contribution in [3.8, 4) is 0 Å². The first-order valence-electron chi connectivity index (χ1n) is 9.20. The smallest absolute Gasteiger partial charge is 0.239 e. The number of hydrogen-bond donors (Lipinski definition) is 0. The molecule has 192 valence electrons. The quantitative estimate of drug-likeness (QED) is 0.197. The zero-order valence-electron chi connectivity index (χ0n) is 17.2. The summed E-state index contributed by atoms with van der Waals surface area (Å²) in [5, 5.41) is -2.82. The molecule has 0 unspecified atom stereocenters. The average Bonchev–Trinajstić information content (AvgIpc) is 2.69. The van der Waals surface area contributed by atoms with Crippen LogP contribution >= 0.6 is 0 Å². The Bertz CT molecular complexity index is 1430. The van der Waals surface area contributed by atoms with E-state index in [0.29, 0.717) is 0 Å². The van der Waals surface area contributed by atoms with Crippen molar-refractivity contribution in [2.45, 2.75) is 38.6 Å². The molecule has 4 aromatic rings. The Morgan fingerprint density at radius 3 is 0.861 bits per heavy atom. The fourth-order valence-corrected chi connectivity index (χ4v) is 3.53. The summed E-state index contributed by atoms with van der Waals surface area (Å²) in [6, 6.07) is 0. The second kappa shape index (κ2) is 7.45. The van der Waals surface area contributed by atoms with E-state index >= 15 is 0 Å². The van der Waals surface area contributed by atoms with E-state index in [0.717, 1.165) is 13.8 Å². The summed E-state index contributed by atoms with van der Waals surface area (Å²) in [6.45, 7) is 1.81. The molecular weight excluding hydrogens is 528 g/mol. The van der Waals surface area contributed by atoms with Crippen molar-refractivity contribution in [2.24, 2.45) is 0 Å². The van der Waals surface area contributed by atoms with Gasteiger partial charge in [0, 0.05) is 0 Å². The number of fused-ring (bicyclic) bond motifs is 6. The number of halogens is 12. The third kappa shape index (κ3) is 4.06. The van der Waals surface area contributed by atoms with E-state index < -0.39 is 92.0 Å². The topological polar surface area (TPSA) is 77.3 Å². The fourth-order valence-electron chi connectivity index (χ4n) is 3.53. The molecule has 18 heteroatoms. The van der Waals surface area contributed by atoms with Crippen LogP contribution in [0, 0.1) is 13.8 Å². The number of hydrogen-bond acceptors (Lipinski definition) is 6. The maximum Gasteiger partial charge on any atom is 0.435 e. The van der Waals surface area contributed by atoms with Gasteiger partial charge in [0.1, 0.15) is 33.7 Å². The number of aromatic nitrogens is 6. The van der Waals surface area contributed by atoms with Crippen molar-refractivity contribution in [2.75, 3.05) is 0 Å². The molecule has 0 bridgehead atoms. The lowest BCUT2D eigenvalue weighted by molar-refractivity contribution is -0.167. The number of aryl methyl sites for hydroxylation is 2. The molecule has 1 aromatic carbocycles. The molecule has 4 rings (SSSR count). The Hall–Kier alpha value is -3.60. The highest BCUT2D eigenvalue weighted by Crippen LogP contribution is 2.45. The predicted molar refractivity (Wildman–Crippen MR) is 95.2 cm³/mol. The highest BCUT2D eigenvalue weighted by atomic mass is 19.4. The second-order valence-corrected chi connectivity index (χ2v) is 7.30. The molecule has 0 atom stereocenters. The van der Waals surface area contributed by atoms with Crippen molar-refractivity contribution in [1.82, 2.24) is 29.9 Å². The molecule has 6 nitrogen and oxygen atoms in total. The zero-order valence-corrected chi connectivity index (χ0v) is 17.2. The summed E-state index contributed by atoms with van der Waals surface area (Å²) in [5.41, 5.74) is -14.7. The van der Waals surface area contributed by atoms with Crippen LogP contribution in [-0.4, -0.2) is 29.9 Å². The molecule has 36 heavy (non-hydrogen) atoms. The first-order valence-corrected chi connectivity index (χ1v) is 9.20. The van der Waals surface area contributed by atoms with E-state index in [1.165, 1.54) is 0 Å². The summed E-state index contributed by atoms with van der Waals surface area (Å²) in [6.07, 6.45) is -22.7. The highest BCUT2D eigenvalue weighted by Gasteiger charge is 2.48. The monoisotopic (exact) mass is 534 g/mol. The Kier molecular flexibility index (Phi) is 5.28. The highest BCUT2D eigenvalue weighted by molar-refractivity contribution is 6.22. The molecule has 0 aliphatic carbocycles. The third-order valence-electron chi connectivity index (χ3n) is 4.71. The normalized spacial score (nSPS) is 13.8. The lowest BCUT2D eigenvalue weighted by atomic mass is 10.0. The summed E-state index contributed by atoms with van der Waals surface area (Å²) in [5.74, 6) is -1.34. The van der Waals surface area contributed by atoms with Crippen LogP contribution in [0.3, 0.4) is 0 Å². The fraction of sp³-hybridized carbons (Fsp3) is 0.333. The molecule has 0 fully saturated rings. The molecule has 0 radical (unpaired) electrons. The SMILES string of the molecule is Cc1nc(C(F)(F)F)c2c(n1)c1nc(C)nc(C(F)(F)F)c1c1nc(C(F)(F)F)c(C(F)(F)F)nc12. The average molecular weight is 534 g/mol. The number of alkyl halides is 12. The van der Waals surface area contributed by atoms with Gasteiger partial charge in [-0.3, -0.25) is 0 Å². The Morgan fingerprint density at radius 1 is 0.361 bits per heavy atom. The third-order valence-corrected chi connectivity index (χ3v) is 4.71. The number of rotatable bonds is 0. The van der Waals surface area contributed by atoms with E-state index in [1.807, 2.05) is 0 Å². The summed E-state index contributed by atoms with van der Waals surface area (Å²) >= 11 is 0. The van der Waals surface area contributed by atoms with Gasteiger partial charge in [0.15, 0.2) is 22.8 Å². The van der Waals surface area contributed by atoms with Gasteiger partial charge in [-0.2, -0.15) is 52.7 Å². The van der Waals surface area contributed by atoms with Crippen molar-refractivity contribution < 1.29 is 52.7 Å². The Morgan fingerprint density at radius 2 is 0.611 bits per heavy atom. The summed E-state index contributed by atoms with van der Waals surface area (Å²) in [7, 11) is 0. The van der Waals surface area contributed by atoms with Gasteiger partial charge < -0.3 is 0 Å². The minimum Gasteiger partial charge on any atom is -0.239 e. The van der Waals surface area contributed by atoms with Crippen LogP contribution in [0.5, 0.6) is 0 Å². The van der Waals surface area contributed by atoms with Gasteiger partial charge in [0.2, 0.25) is 0 Å². The first kappa shape index (κ1) is 25.5. The molecule has 0 amide bonds. The van der Waals surface area contributed by atoms with Gasteiger partial charge in [-0.05, 0) is 13.8 Å². The lowest BCUT2D eigenvalue weighted by Gasteiger charge is -2.19. The summed E-state index contributed by atoms with van der Waals surface area (Å²) in [4.78, 5) is 18.9. The Balaban J connectivity index is 2.49. The van der Waals surface area contributed by atoms with Crippen LogP contribution in [0.15, 0.2) is 0 Å². The van der Waals surface area contributed by atoms with E-state index in [1.54, 1.807) is 0 Å². The molecule has 0 aliphatic rings. The van der Waals surface area contributed by atoms with E-state index in [9.17, 15) is 52.7 Å². The maximum absolute atomic E-state index is 13.8. The minimum absolute atomic E-state index is 0.670. The largest absolute Gasteiger partial charge is 0.435 e. The lowest BCUT2D eigenvalue weighted by Crippen LogP contribution is -2.22. The first-order chi connectivity index (χ1) is 16.2. The summed E-state index contributed by atoms with van der Waals surface area (Å²) < 4.78 is 164. The van der Waals surface area contributed by atoms with Gasteiger partial charge in [0.05, 0.1) is 10.8 Å². The van der Waals surface area contributed by atoms with Gasteiger partial charge in [-0.1, -0.05) is 0 Å². The zero-order chi connectivity index (χ0) is 27.2. The van der Waals surface area contributed by atoms with Crippen LogP contribution in [0.1, 0.15) is 34.4 Å². The molecule has 0 saturated carbocycles.